The molecule has 4 rings (SSSR count). The highest BCUT2D eigenvalue weighted by Crippen LogP contribution is 2.24. The van der Waals surface area contributed by atoms with E-state index in [0.717, 1.165) is 5.56 Å². The van der Waals surface area contributed by atoms with E-state index in [9.17, 15) is 17.6 Å². The molecule has 2 heterocycles. The molecule has 1 saturated heterocycles. The third kappa shape index (κ3) is 4.25. The van der Waals surface area contributed by atoms with Crippen LogP contribution in [0.3, 0.4) is 0 Å². The fraction of sp³-hybridized carbons (Fsp3) is 0.333. The Balaban J connectivity index is 1.51. The van der Waals surface area contributed by atoms with Crippen LogP contribution in [0, 0.1) is 12.7 Å². The van der Waals surface area contributed by atoms with Crippen LogP contribution in [0.5, 0.6) is 0 Å². The summed E-state index contributed by atoms with van der Waals surface area (Å²) in [6.07, 6.45) is 0. The molecule has 8 heteroatoms. The Hall–Kier alpha value is -2.84. The highest BCUT2D eigenvalue weighted by atomic mass is 32.2. The van der Waals surface area contributed by atoms with E-state index in [-0.39, 0.29) is 37.0 Å². The first kappa shape index (κ1) is 22.4. The Morgan fingerprint density at radius 2 is 1.66 bits per heavy atom. The highest BCUT2D eigenvalue weighted by molar-refractivity contribution is 7.89. The summed E-state index contributed by atoms with van der Waals surface area (Å²) in [4.78, 5) is 19.4. The number of fused-ring (bicyclic) bond motifs is 1. The maximum Gasteiger partial charge on any atom is 0.254 e. The summed E-state index contributed by atoms with van der Waals surface area (Å²) in [7, 11) is -3.62. The lowest BCUT2D eigenvalue weighted by atomic mass is 10.0. The minimum Gasteiger partial charge on any atom is -0.336 e. The van der Waals surface area contributed by atoms with E-state index in [1.807, 2.05) is 12.1 Å². The minimum atomic E-state index is -3.62. The van der Waals surface area contributed by atoms with Gasteiger partial charge in [0.2, 0.25) is 10.0 Å². The molecule has 2 aromatic carbocycles. The van der Waals surface area contributed by atoms with Crippen molar-refractivity contribution in [3.05, 3.63) is 71.2 Å². The fourth-order valence-electron chi connectivity index (χ4n) is 3.99. The standard InChI is InChI=1S/C24H26FN3O3S/c1-16(2)18-4-7-20(8-5-18)32(30,31)28-12-10-27(11-13-28)24(29)22-14-17(3)26-23-15-19(25)6-9-21(22)23/h4-9,14-16H,10-13H2,1-3H3. The van der Waals surface area contributed by atoms with Crippen LogP contribution in [0.1, 0.15) is 41.4 Å². The number of halogens is 1. The van der Waals surface area contributed by atoms with E-state index in [0.29, 0.717) is 28.1 Å². The van der Waals surface area contributed by atoms with Gasteiger partial charge >= 0.3 is 0 Å². The van der Waals surface area contributed by atoms with Gasteiger partial charge in [-0.3, -0.25) is 9.78 Å². The quantitative estimate of drug-likeness (QED) is 0.597. The van der Waals surface area contributed by atoms with Gasteiger partial charge in [0.15, 0.2) is 0 Å². The highest BCUT2D eigenvalue weighted by Gasteiger charge is 2.31. The Labute approximate surface area is 187 Å². The smallest absolute Gasteiger partial charge is 0.254 e. The van der Waals surface area contributed by atoms with Crippen molar-refractivity contribution in [1.29, 1.82) is 0 Å². The third-order valence-corrected chi connectivity index (χ3v) is 7.75. The molecule has 1 aliphatic rings. The summed E-state index contributed by atoms with van der Waals surface area (Å²) in [6, 6.07) is 12.9. The molecular formula is C24H26FN3O3S. The van der Waals surface area contributed by atoms with Gasteiger partial charge in [-0.25, -0.2) is 12.8 Å². The first-order valence-electron chi connectivity index (χ1n) is 10.6. The molecule has 1 fully saturated rings. The molecule has 6 nitrogen and oxygen atoms in total. The van der Waals surface area contributed by atoms with Crippen molar-refractivity contribution in [3.8, 4) is 0 Å². The van der Waals surface area contributed by atoms with Crippen LogP contribution < -0.4 is 0 Å². The topological polar surface area (TPSA) is 70.6 Å². The van der Waals surface area contributed by atoms with E-state index in [2.05, 4.69) is 18.8 Å². The molecule has 0 unspecified atom stereocenters. The van der Waals surface area contributed by atoms with Crippen LogP contribution in [0.4, 0.5) is 4.39 Å². The number of hydrogen-bond donors (Lipinski definition) is 0. The van der Waals surface area contributed by atoms with E-state index < -0.39 is 15.8 Å². The maximum absolute atomic E-state index is 13.6. The van der Waals surface area contributed by atoms with Crippen molar-refractivity contribution in [2.45, 2.75) is 31.6 Å². The molecule has 0 N–H and O–H groups in total. The van der Waals surface area contributed by atoms with Crippen LogP contribution in [-0.2, 0) is 10.0 Å². The number of sulfonamides is 1. The summed E-state index contributed by atoms with van der Waals surface area (Å²) in [6.45, 7) is 6.88. The molecular weight excluding hydrogens is 429 g/mol. The van der Waals surface area contributed by atoms with Gasteiger partial charge in [-0.2, -0.15) is 4.31 Å². The number of carbonyl (C=O) groups is 1. The molecule has 168 valence electrons. The predicted molar refractivity (Wildman–Crippen MR) is 122 cm³/mol. The number of rotatable bonds is 4. The molecule has 1 aromatic heterocycles. The van der Waals surface area contributed by atoms with Crippen molar-refractivity contribution in [3.63, 3.8) is 0 Å². The Morgan fingerprint density at radius 3 is 2.28 bits per heavy atom. The van der Waals surface area contributed by atoms with Crippen molar-refractivity contribution < 1.29 is 17.6 Å². The van der Waals surface area contributed by atoms with Crippen LogP contribution in [0.2, 0.25) is 0 Å². The molecule has 0 saturated carbocycles. The molecule has 1 aliphatic heterocycles. The lowest BCUT2D eigenvalue weighted by Gasteiger charge is -2.34. The van der Waals surface area contributed by atoms with Gasteiger partial charge in [0.25, 0.3) is 5.91 Å². The number of hydrogen-bond acceptors (Lipinski definition) is 4. The summed E-state index contributed by atoms with van der Waals surface area (Å²) in [5.41, 5.74) is 2.59. The lowest BCUT2D eigenvalue weighted by molar-refractivity contribution is 0.0699. The van der Waals surface area contributed by atoms with Crippen molar-refractivity contribution in [2.75, 3.05) is 26.2 Å². The second kappa shape index (κ2) is 8.60. The van der Waals surface area contributed by atoms with Gasteiger partial charge in [0.1, 0.15) is 5.82 Å². The van der Waals surface area contributed by atoms with Gasteiger partial charge in [0.05, 0.1) is 16.0 Å². The SMILES string of the molecule is Cc1cc(C(=O)N2CCN(S(=O)(=O)c3ccc(C(C)C)cc3)CC2)c2ccc(F)cc2n1. The molecule has 1 amide bonds. The number of pyridine rings is 1. The maximum atomic E-state index is 13.6. The number of nitrogens with zero attached hydrogens (tertiary/aromatic N) is 3. The number of carbonyl (C=O) groups excluding carboxylic acids is 1. The van der Waals surface area contributed by atoms with Crippen molar-refractivity contribution >= 4 is 26.8 Å². The number of piperazine rings is 1. The normalized spacial score (nSPS) is 15.5. The summed E-state index contributed by atoms with van der Waals surface area (Å²) in [5, 5.41) is 0.585. The predicted octanol–water partition coefficient (Wildman–Crippen LogP) is 3.95. The third-order valence-electron chi connectivity index (χ3n) is 5.84. The molecule has 3 aromatic rings. The average Bonchev–Trinajstić information content (AvgIpc) is 2.78. The molecule has 0 radical (unpaired) electrons. The number of aromatic nitrogens is 1. The van der Waals surface area contributed by atoms with Gasteiger partial charge in [-0.1, -0.05) is 26.0 Å². The van der Waals surface area contributed by atoms with E-state index in [1.165, 1.54) is 16.4 Å². The van der Waals surface area contributed by atoms with Gasteiger partial charge in [-0.15, -0.1) is 0 Å². The molecule has 0 aliphatic carbocycles. The first-order chi connectivity index (χ1) is 15.2. The minimum absolute atomic E-state index is 0.203. The van der Waals surface area contributed by atoms with Gasteiger partial charge in [-0.05, 0) is 48.7 Å². The number of amides is 1. The Morgan fingerprint density at radius 1 is 1.00 bits per heavy atom. The molecule has 0 spiro atoms. The van der Waals surface area contributed by atoms with Crippen LogP contribution in [0.25, 0.3) is 10.9 Å². The Kier molecular flexibility index (Phi) is 6.01. The van der Waals surface area contributed by atoms with Crippen LogP contribution in [0.15, 0.2) is 53.4 Å². The summed E-state index contributed by atoms with van der Waals surface area (Å²) < 4.78 is 41.1. The lowest BCUT2D eigenvalue weighted by Crippen LogP contribution is -2.50. The average molecular weight is 456 g/mol. The zero-order valence-corrected chi connectivity index (χ0v) is 19.2. The largest absolute Gasteiger partial charge is 0.336 e. The van der Waals surface area contributed by atoms with E-state index >= 15 is 0 Å². The van der Waals surface area contributed by atoms with Crippen LogP contribution >= 0.6 is 0 Å². The van der Waals surface area contributed by atoms with Gasteiger partial charge < -0.3 is 4.90 Å². The monoisotopic (exact) mass is 455 g/mol. The van der Waals surface area contributed by atoms with E-state index in [4.69, 9.17) is 0 Å². The second-order valence-electron chi connectivity index (χ2n) is 8.39. The number of benzene rings is 2. The zero-order chi connectivity index (χ0) is 23.0. The Bertz CT molecular complexity index is 1260. The van der Waals surface area contributed by atoms with Crippen molar-refractivity contribution in [1.82, 2.24) is 14.2 Å². The molecule has 0 bridgehead atoms. The molecule has 32 heavy (non-hydrogen) atoms. The second-order valence-corrected chi connectivity index (χ2v) is 10.3. The van der Waals surface area contributed by atoms with Gasteiger partial charge in [0, 0.05) is 43.3 Å². The van der Waals surface area contributed by atoms with E-state index in [1.54, 1.807) is 36.1 Å². The zero-order valence-electron chi connectivity index (χ0n) is 18.4. The fourth-order valence-corrected chi connectivity index (χ4v) is 5.41. The van der Waals surface area contributed by atoms with Crippen molar-refractivity contribution in [2.24, 2.45) is 0 Å². The van der Waals surface area contributed by atoms with Crippen LogP contribution in [-0.4, -0.2) is 54.7 Å². The first-order valence-corrected chi connectivity index (χ1v) is 12.1. The summed E-state index contributed by atoms with van der Waals surface area (Å²) in [5.74, 6) is -0.287. The number of aryl methyl sites for hydroxylation is 1. The molecule has 0 atom stereocenters. The summed E-state index contributed by atoms with van der Waals surface area (Å²) >= 11 is 0.